The van der Waals surface area contributed by atoms with Crippen molar-refractivity contribution in [3.05, 3.63) is 22.6 Å². The molecule has 1 aromatic rings. The van der Waals surface area contributed by atoms with Crippen molar-refractivity contribution >= 4 is 17.7 Å². The van der Waals surface area contributed by atoms with Crippen LogP contribution in [-0.4, -0.2) is 52.0 Å². The van der Waals surface area contributed by atoms with E-state index < -0.39 is 4.92 Å². The van der Waals surface area contributed by atoms with Crippen molar-refractivity contribution in [2.45, 2.75) is 19.4 Å². The van der Waals surface area contributed by atoms with E-state index in [-0.39, 0.29) is 37.1 Å². The predicted octanol–water partition coefficient (Wildman–Crippen LogP) is 0.203. The van der Waals surface area contributed by atoms with Gasteiger partial charge in [-0.15, -0.1) is 0 Å². The molecule has 1 aromatic heterocycles. The number of hydrogen-bond donors (Lipinski definition) is 0. The minimum absolute atomic E-state index is 0.134. The molecule has 0 bridgehead atoms. The van der Waals surface area contributed by atoms with Gasteiger partial charge in [-0.25, -0.2) is 0 Å². The van der Waals surface area contributed by atoms with Crippen LogP contribution in [0.3, 0.4) is 0 Å². The van der Waals surface area contributed by atoms with Crippen LogP contribution in [0.4, 0.5) is 5.82 Å². The van der Waals surface area contributed by atoms with Gasteiger partial charge in [-0.2, -0.15) is 0 Å². The number of aryl methyl sites for hydroxylation is 1. The Morgan fingerprint density at radius 1 is 1.50 bits per heavy atom. The molecule has 9 heteroatoms. The molecule has 1 rings (SSSR count). The van der Waals surface area contributed by atoms with Crippen molar-refractivity contribution in [1.29, 1.82) is 0 Å². The summed E-state index contributed by atoms with van der Waals surface area (Å²) < 4.78 is 5.96. The number of rotatable bonds is 7. The summed E-state index contributed by atoms with van der Waals surface area (Å²) in [6, 6.07) is 0. The van der Waals surface area contributed by atoms with Crippen molar-refractivity contribution < 1.29 is 19.2 Å². The number of carbonyl (C=O) groups excluding carboxylic acids is 2. The smallest absolute Gasteiger partial charge is 0.381 e. The average molecular weight is 284 g/mol. The second-order valence-corrected chi connectivity index (χ2v) is 4.12. The van der Waals surface area contributed by atoms with Crippen LogP contribution >= 0.6 is 0 Å². The molecule has 1 amide bonds. The molecule has 0 aromatic carbocycles. The Balaban J connectivity index is 2.38. The van der Waals surface area contributed by atoms with Gasteiger partial charge in [0.15, 0.2) is 0 Å². The minimum Gasteiger partial charge on any atom is -0.469 e. The van der Waals surface area contributed by atoms with Crippen molar-refractivity contribution in [2.24, 2.45) is 0 Å². The van der Waals surface area contributed by atoms with Crippen LogP contribution in [0.2, 0.25) is 0 Å². The number of hydrogen-bond acceptors (Lipinski definition) is 6. The van der Waals surface area contributed by atoms with E-state index in [4.69, 9.17) is 0 Å². The lowest BCUT2D eigenvalue weighted by molar-refractivity contribution is -0.389. The van der Waals surface area contributed by atoms with Crippen molar-refractivity contribution in [2.75, 3.05) is 20.7 Å². The van der Waals surface area contributed by atoms with E-state index in [1.807, 2.05) is 0 Å². The number of nitrogens with zero attached hydrogens (tertiary/aromatic N) is 4. The first-order valence-electron chi connectivity index (χ1n) is 5.91. The van der Waals surface area contributed by atoms with Crippen LogP contribution < -0.4 is 0 Å². The highest BCUT2D eigenvalue weighted by atomic mass is 16.6. The van der Waals surface area contributed by atoms with E-state index >= 15 is 0 Å². The number of carbonyl (C=O) groups is 2. The average Bonchev–Trinajstić information content (AvgIpc) is 2.90. The van der Waals surface area contributed by atoms with Gasteiger partial charge >= 0.3 is 11.8 Å². The number of esters is 1. The standard InChI is InChI=1S/C11H16N4O5/c1-13(5-4-11(17)20-2)10(16)3-6-14-7-9(12-8-14)15(18)19/h7-8H,3-6H2,1-2H3. The highest BCUT2D eigenvalue weighted by Crippen LogP contribution is 2.06. The number of ether oxygens (including phenoxy) is 1. The zero-order chi connectivity index (χ0) is 15.1. The second kappa shape index (κ2) is 7.22. The first kappa shape index (κ1) is 15.6. The van der Waals surface area contributed by atoms with Gasteiger partial charge in [-0.1, -0.05) is 0 Å². The highest BCUT2D eigenvalue weighted by Gasteiger charge is 2.13. The van der Waals surface area contributed by atoms with Crippen LogP contribution in [0.1, 0.15) is 12.8 Å². The summed E-state index contributed by atoms with van der Waals surface area (Å²) in [5, 5.41) is 10.4. The Morgan fingerprint density at radius 2 is 2.20 bits per heavy atom. The zero-order valence-corrected chi connectivity index (χ0v) is 11.3. The number of imidazole rings is 1. The normalized spacial score (nSPS) is 10.1. The third kappa shape index (κ3) is 4.67. The number of aromatic nitrogens is 2. The summed E-state index contributed by atoms with van der Waals surface area (Å²) in [5.74, 6) is -0.795. The van der Waals surface area contributed by atoms with Crippen LogP contribution in [0.15, 0.2) is 12.5 Å². The molecule has 20 heavy (non-hydrogen) atoms. The van der Waals surface area contributed by atoms with Crippen LogP contribution in [-0.2, 0) is 20.9 Å². The predicted molar refractivity (Wildman–Crippen MR) is 67.8 cm³/mol. The number of amides is 1. The van der Waals surface area contributed by atoms with E-state index in [2.05, 4.69) is 9.72 Å². The first-order chi connectivity index (χ1) is 9.43. The van der Waals surface area contributed by atoms with Crippen LogP contribution in [0.5, 0.6) is 0 Å². The molecular formula is C11H16N4O5. The maximum atomic E-state index is 11.8. The van der Waals surface area contributed by atoms with Crippen molar-refractivity contribution in [3.8, 4) is 0 Å². The van der Waals surface area contributed by atoms with E-state index in [0.717, 1.165) is 0 Å². The fourth-order valence-corrected chi connectivity index (χ4v) is 1.47. The van der Waals surface area contributed by atoms with Gasteiger partial charge in [0, 0.05) is 26.6 Å². The lowest BCUT2D eigenvalue weighted by Gasteiger charge is -2.16. The third-order valence-electron chi connectivity index (χ3n) is 2.70. The van der Waals surface area contributed by atoms with E-state index in [1.165, 1.54) is 29.1 Å². The molecule has 0 fully saturated rings. The molecule has 9 nitrogen and oxygen atoms in total. The fourth-order valence-electron chi connectivity index (χ4n) is 1.47. The van der Waals surface area contributed by atoms with Crippen LogP contribution in [0, 0.1) is 10.1 Å². The number of methoxy groups -OCH3 is 1. The van der Waals surface area contributed by atoms with Gasteiger partial charge < -0.3 is 24.3 Å². The molecule has 0 saturated heterocycles. The van der Waals surface area contributed by atoms with Gasteiger partial charge in [0.2, 0.25) is 12.2 Å². The summed E-state index contributed by atoms with van der Waals surface area (Å²) >= 11 is 0. The Labute approximate surface area is 115 Å². The van der Waals surface area contributed by atoms with Crippen molar-refractivity contribution in [3.63, 3.8) is 0 Å². The van der Waals surface area contributed by atoms with Gasteiger partial charge in [0.1, 0.15) is 6.20 Å². The lowest BCUT2D eigenvalue weighted by Crippen LogP contribution is -2.29. The first-order valence-corrected chi connectivity index (χ1v) is 5.91. The van der Waals surface area contributed by atoms with E-state index in [0.29, 0.717) is 6.54 Å². The maximum Gasteiger partial charge on any atom is 0.381 e. The topological polar surface area (TPSA) is 108 Å². The quantitative estimate of drug-likeness (QED) is 0.402. The molecule has 0 N–H and O–H groups in total. The summed E-state index contributed by atoms with van der Waals surface area (Å²) in [6.07, 6.45) is 2.88. The van der Waals surface area contributed by atoms with Gasteiger partial charge in [-0.05, 0) is 9.91 Å². The van der Waals surface area contributed by atoms with Crippen LogP contribution in [0.25, 0.3) is 0 Å². The largest absolute Gasteiger partial charge is 0.469 e. The Kier molecular flexibility index (Phi) is 5.63. The zero-order valence-electron chi connectivity index (χ0n) is 11.3. The van der Waals surface area contributed by atoms with E-state index in [1.54, 1.807) is 7.05 Å². The molecule has 0 atom stereocenters. The van der Waals surface area contributed by atoms with Crippen molar-refractivity contribution in [1.82, 2.24) is 14.5 Å². The monoisotopic (exact) mass is 284 g/mol. The molecule has 110 valence electrons. The summed E-state index contributed by atoms with van der Waals surface area (Å²) in [5.41, 5.74) is 0. The van der Waals surface area contributed by atoms with Gasteiger partial charge in [0.05, 0.1) is 13.5 Å². The molecule has 0 aliphatic carbocycles. The Morgan fingerprint density at radius 3 is 2.75 bits per heavy atom. The lowest BCUT2D eigenvalue weighted by atomic mass is 10.3. The minimum atomic E-state index is -0.596. The Bertz CT molecular complexity index is 499. The fraction of sp³-hybridized carbons (Fsp3) is 0.545. The summed E-state index contributed by atoms with van der Waals surface area (Å²) in [7, 11) is 2.87. The van der Waals surface area contributed by atoms with Gasteiger partial charge in [-0.3, -0.25) is 9.59 Å². The highest BCUT2D eigenvalue weighted by molar-refractivity contribution is 5.76. The Hall–Kier alpha value is -2.45. The van der Waals surface area contributed by atoms with E-state index in [9.17, 15) is 19.7 Å². The third-order valence-corrected chi connectivity index (χ3v) is 2.70. The molecule has 0 unspecified atom stereocenters. The number of nitro groups is 1. The molecule has 1 heterocycles. The maximum absolute atomic E-state index is 11.8. The molecular weight excluding hydrogens is 268 g/mol. The summed E-state index contributed by atoms with van der Waals surface area (Å²) in [6.45, 7) is 0.567. The molecule has 0 aliphatic rings. The van der Waals surface area contributed by atoms with Gasteiger partial charge in [0.25, 0.3) is 0 Å². The molecule has 0 spiro atoms. The SMILES string of the molecule is COC(=O)CCN(C)C(=O)CCn1cnc([N+](=O)[O-])c1. The second-order valence-electron chi connectivity index (χ2n) is 4.12. The summed E-state index contributed by atoms with van der Waals surface area (Å²) in [4.78, 5) is 37.6. The molecule has 0 radical (unpaired) electrons. The molecule has 0 saturated carbocycles. The molecule has 0 aliphatic heterocycles.